The summed E-state index contributed by atoms with van der Waals surface area (Å²) >= 11 is 12.4. The summed E-state index contributed by atoms with van der Waals surface area (Å²) < 4.78 is 5.67. The SMILES string of the molecule is C=CCOc1ccc(C=C2SC(=S)N(NC(=O)c3ccccc3Cl)C2=O)cc1. The van der Waals surface area contributed by atoms with Gasteiger partial charge in [0.05, 0.1) is 15.5 Å². The quantitative estimate of drug-likeness (QED) is 0.417. The van der Waals surface area contributed by atoms with Crippen LogP contribution in [0, 0.1) is 0 Å². The van der Waals surface area contributed by atoms with E-state index in [0.717, 1.165) is 22.3 Å². The maximum Gasteiger partial charge on any atom is 0.285 e. The molecule has 0 bridgehead atoms. The maximum atomic E-state index is 12.6. The van der Waals surface area contributed by atoms with Crippen LogP contribution in [0.4, 0.5) is 0 Å². The van der Waals surface area contributed by atoms with Crippen LogP contribution in [-0.2, 0) is 4.79 Å². The highest BCUT2D eigenvalue weighted by atomic mass is 35.5. The van der Waals surface area contributed by atoms with Gasteiger partial charge < -0.3 is 4.74 Å². The molecule has 2 aromatic rings. The minimum atomic E-state index is -0.508. The number of hydrazine groups is 1. The molecule has 0 radical (unpaired) electrons. The second-order valence-corrected chi connectivity index (χ2v) is 7.69. The predicted octanol–water partition coefficient (Wildman–Crippen LogP) is 4.45. The molecular weight excluding hydrogens is 416 g/mol. The summed E-state index contributed by atoms with van der Waals surface area (Å²) in [7, 11) is 0. The van der Waals surface area contributed by atoms with E-state index in [1.54, 1.807) is 48.6 Å². The second-order valence-electron chi connectivity index (χ2n) is 5.61. The molecule has 1 N–H and O–H groups in total. The van der Waals surface area contributed by atoms with Gasteiger partial charge in [-0.25, -0.2) is 0 Å². The van der Waals surface area contributed by atoms with Crippen molar-refractivity contribution >= 4 is 57.8 Å². The van der Waals surface area contributed by atoms with Gasteiger partial charge >= 0.3 is 0 Å². The number of ether oxygens (including phenoxy) is 1. The molecule has 1 aliphatic rings. The van der Waals surface area contributed by atoms with Gasteiger partial charge in [-0.2, -0.15) is 5.01 Å². The van der Waals surface area contributed by atoms with Gasteiger partial charge in [-0.05, 0) is 48.1 Å². The number of rotatable bonds is 6. The first kappa shape index (κ1) is 20.1. The fraction of sp³-hybridized carbons (Fsp3) is 0.0500. The molecule has 8 heteroatoms. The monoisotopic (exact) mass is 430 g/mol. The molecule has 0 unspecified atom stereocenters. The average molecular weight is 431 g/mol. The van der Waals surface area contributed by atoms with E-state index < -0.39 is 11.8 Å². The van der Waals surface area contributed by atoms with E-state index in [0.29, 0.717) is 22.3 Å². The Hall–Kier alpha value is -2.61. The van der Waals surface area contributed by atoms with E-state index >= 15 is 0 Å². The first-order valence-electron chi connectivity index (χ1n) is 8.17. The number of nitrogens with one attached hydrogen (secondary N) is 1. The number of thioether (sulfide) groups is 1. The van der Waals surface area contributed by atoms with Crippen LogP contribution in [0.3, 0.4) is 0 Å². The van der Waals surface area contributed by atoms with Crippen LogP contribution in [0.1, 0.15) is 15.9 Å². The number of hydrogen-bond donors (Lipinski definition) is 1. The lowest BCUT2D eigenvalue weighted by Crippen LogP contribution is -2.44. The summed E-state index contributed by atoms with van der Waals surface area (Å²) in [6, 6.07) is 13.8. The van der Waals surface area contributed by atoms with Crippen molar-refractivity contribution in [3.63, 3.8) is 0 Å². The van der Waals surface area contributed by atoms with Gasteiger partial charge in [0.1, 0.15) is 12.4 Å². The summed E-state index contributed by atoms with van der Waals surface area (Å²) in [5.41, 5.74) is 3.58. The lowest BCUT2D eigenvalue weighted by atomic mass is 10.2. The number of nitrogens with zero attached hydrogens (tertiary/aromatic N) is 1. The van der Waals surface area contributed by atoms with Crippen LogP contribution in [0.2, 0.25) is 5.02 Å². The van der Waals surface area contributed by atoms with Crippen molar-refractivity contribution in [1.29, 1.82) is 0 Å². The summed E-state index contributed by atoms with van der Waals surface area (Å²) in [5.74, 6) is -0.203. The van der Waals surface area contributed by atoms with Gasteiger partial charge in [-0.1, -0.05) is 60.3 Å². The smallest absolute Gasteiger partial charge is 0.285 e. The van der Waals surface area contributed by atoms with Crippen LogP contribution < -0.4 is 10.2 Å². The normalized spacial score (nSPS) is 15.0. The van der Waals surface area contributed by atoms with E-state index in [1.165, 1.54) is 0 Å². The van der Waals surface area contributed by atoms with Crippen LogP contribution in [0.15, 0.2) is 66.1 Å². The largest absolute Gasteiger partial charge is 0.490 e. The van der Waals surface area contributed by atoms with Crippen molar-refractivity contribution in [3.8, 4) is 5.75 Å². The minimum Gasteiger partial charge on any atom is -0.490 e. The van der Waals surface area contributed by atoms with Crippen molar-refractivity contribution in [2.45, 2.75) is 0 Å². The van der Waals surface area contributed by atoms with Gasteiger partial charge in [-0.3, -0.25) is 15.0 Å². The molecule has 0 saturated carbocycles. The Morgan fingerprint density at radius 2 is 1.96 bits per heavy atom. The van der Waals surface area contributed by atoms with Crippen molar-refractivity contribution in [2.24, 2.45) is 0 Å². The highest BCUT2D eigenvalue weighted by molar-refractivity contribution is 8.26. The number of carbonyl (C=O) groups excluding carboxylic acids is 2. The molecule has 1 heterocycles. The number of halogens is 1. The Bertz CT molecular complexity index is 974. The fourth-order valence-corrected chi connectivity index (χ4v) is 3.74. The summed E-state index contributed by atoms with van der Waals surface area (Å²) in [6.07, 6.45) is 3.37. The summed E-state index contributed by atoms with van der Waals surface area (Å²) in [5, 5.41) is 1.35. The zero-order chi connectivity index (χ0) is 20.1. The number of benzene rings is 2. The Kier molecular flexibility index (Phi) is 6.51. The first-order valence-corrected chi connectivity index (χ1v) is 9.77. The van der Waals surface area contributed by atoms with Crippen LogP contribution in [0.25, 0.3) is 6.08 Å². The Balaban J connectivity index is 1.72. The lowest BCUT2D eigenvalue weighted by molar-refractivity contribution is -0.123. The molecular formula is C20H15ClN2O3S2. The number of carbonyl (C=O) groups is 2. The molecule has 28 heavy (non-hydrogen) atoms. The van der Waals surface area contributed by atoms with Crippen molar-refractivity contribution < 1.29 is 14.3 Å². The topological polar surface area (TPSA) is 58.6 Å². The highest BCUT2D eigenvalue weighted by Crippen LogP contribution is 2.32. The van der Waals surface area contributed by atoms with Gasteiger partial charge in [0.2, 0.25) is 0 Å². The van der Waals surface area contributed by atoms with Gasteiger partial charge in [0, 0.05) is 0 Å². The molecule has 5 nitrogen and oxygen atoms in total. The molecule has 3 rings (SSSR count). The van der Waals surface area contributed by atoms with E-state index in [4.69, 9.17) is 28.6 Å². The third-order valence-corrected chi connectivity index (χ3v) is 5.30. The maximum absolute atomic E-state index is 12.6. The zero-order valence-corrected chi connectivity index (χ0v) is 16.9. The van der Waals surface area contributed by atoms with Crippen LogP contribution in [-0.4, -0.2) is 27.8 Å². The third-order valence-electron chi connectivity index (χ3n) is 3.67. The van der Waals surface area contributed by atoms with Gasteiger partial charge in [-0.15, -0.1) is 0 Å². The van der Waals surface area contributed by atoms with Crippen molar-refractivity contribution in [2.75, 3.05) is 6.61 Å². The molecule has 142 valence electrons. The zero-order valence-electron chi connectivity index (χ0n) is 14.6. The molecule has 1 aliphatic heterocycles. The lowest BCUT2D eigenvalue weighted by Gasteiger charge is -2.16. The summed E-state index contributed by atoms with van der Waals surface area (Å²) in [6.45, 7) is 4.02. The summed E-state index contributed by atoms with van der Waals surface area (Å²) in [4.78, 5) is 25.5. The Morgan fingerprint density at radius 1 is 1.25 bits per heavy atom. The standard InChI is InChI=1S/C20H15ClN2O3S2/c1-2-11-26-14-9-7-13(8-10-14)12-17-19(25)23(20(27)28-17)22-18(24)15-5-3-4-6-16(15)21/h2-10,12H,1,11H2,(H,22,24). The predicted molar refractivity (Wildman–Crippen MR) is 116 cm³/mol. The first-order chi connectivity index (χ1) is 13.5. The highest BCUT2D eigenvalue weighted by Gasteiger charge is 2.34. The minimum absolute atomic E-state index is 0.239. The second kappa shape index (κ2) is 9.05. The van der Waals surface area contributed by atoms with Crippen molar-refractivity contribution in [1.82, 2.24) is 10.4 Å². The Labute approximate surface area is 177 Å². The average Bonchev–Trinajstić information content (AvgIpc) is 2.95. The van der Waals surface area contributed by atoms with E-state index in [2.05, 4.69) is 12.0 Å². The van der Waals surface area contributed by atoms with E-state index in [-0.39, 0.29) is 9.88 Å². The molecule has 2 aromatic carbocycles. The number of thiocarbonyl (C=S) groups is 1. The van der Waals surface area contributed by atoms with Crippen LogP contribution in [0.5, 0.6) is 5.75 Å². The molecule has 1 fully saturated rings. The molecule has 1 saturated heterocycles. The van der Waals surface area contributed by atoms with Gasteiger partial charge in [0.25, 0.3) is 11.8 Å². The molecule has 0 aliphatic carbocycles. The van der Waals surface area contributed by atoms with E-state index in [9.17, 15) is 9.59 Å². The van der Waals surface area contributed by atoms with Crippen molar-refractivity contribution in [3.05, 3.63) is 82.2 Å². The number of hydrogen-bond acceptors (Lipinski definition) is 5. The fourth-order valence-electron chi connectivity index (χ4n) is 2.34. The number of amides is 2. The molecule has 2 amide bonds. The third kappa shape index (κ3) is 4.62. The van der Waals surface area contributed by atoms with E-state index in [1.807, 2.05) is 12.1 Å². The Morgan fingerprint density at radius 3 is 2.64 bits per heavy atom. The molecule has 0 spiro atoms. The molecule has 0 aromatic heterocycles. The van der Waals surface area contributed by atoms with Crippen LogP contribution >= 0.6 is 35.6 Å². The molecule has 0 atom stereocenters. The van der Waals surface area contributed by atoms with Gasteiger partial charge in [0.15, 0.2) is 4.32 Å².